The smallest absolute Gasteiger partial charge is 0.269 e. The van der Waals surface area contributed by atoms with Gasteiger partial charge < -0.3 is 20.3 Å². The highest BCUT2D eigenvalue weighted by Crippen LogP contribution is 2.51. The zero-order valence-electron chi connectivity index (χ0n) is 24.9. The van der Waals surface area contributed by atoms with Crippen molar-refractivity contribution < 1.29 is 9.53 Å². The maximum Gasteiger partial charge on any atom is 0.269 e. The molecule has 44 heavy (non-hydrogen) atoms. The molecule has 3 heterocycles. The van der Waals surface area contributed by atoms with Crippen LogP contribution in [0.3, 0.4) is 0 Å². The van der Waals surface area contributed by atoms with Crippen LogP contribution in [0.25, 0.3) is 0 Å². The molecule has 0 unspecified atom stereocenters. The second-order valence-electron chi connectivity index (χ2n) is 10.6. The lowest BCUT2D eigenvalue weighted by atomic mass is 10.2. The summed E-state index contributed by atoms with van der Waals surface area (Å²) >= 11 is 3.00. The molecular weight excluding hydrogens is 591 g/mol. The lowest BCUT2D eigenvalue weighted by Gasteiger charge is -2.26. The minimum Gasteiger partial charge on any atom is -0.384 e. The van der Waals surface area contributed by atoms with E-state index in [4.69, 9.17) is 9.73 Å². The van der Waals surface area contributed by atoms with Gasteiger partial charge in [-0.2, -0.15) is 5.26 Å². The summed E-state index contributed by atoms with van der Waals surface area (Å²) in [6, 6.07) is 23.9. The fourth-order valence-corrected chi connectivity index (χ4v) is 7.68. The van der Waals surface area contributed by atoms with E-state index < -0.39 is 0 Å². The summed E-state index contributed by atoms with van der Waals surface area (Å²) in [5, 5.41) is 17.9. The number of aliphatic imine (C=N–C) groups is 1. The normalized spacial score (nSPS) is 19.4. The average molecular weight is 626 g/mol. The van der Waals surface area contributed by atoms with Gasteiger partial charge in [-0.1, -0.05) is 42.1 Å². The molecule has 9 nitrogen and oxygen atoms in total. The molecule has 3 aliphatic rings. The molecule has 0 saturated carbocycles. The molecule has 3 aromatic carbocycles. The lowest BCUT2D eigenvalue weighted by molar-refractivity contribution is -0.122. The maximum absolute atomic E-state index is 14.1. The van der Waals surface area contributed by atoms with Crippen molar-refractivity contribution in [1.29, 1.82) is 5.26 Å². The van der Waals surface area contributed by atoms with Gasteiger partial charge in [0.1, 0.15) is 4.91 Å². The second kappa shape index (κ2) is 13.8. The van der Waals surface area contributed by atoms with Crippen molar-refractivity contribution in [3.05, 3.63) is 87.8 Å². The Morgan fingerprint density at radius 3 is 2.61 bits per heavy atom. The van der Waals surface area contributed by atoms with Crippen molar-refractivity contribution in [3.8, 4) is 6.07 Å². The Balaban J connectivity index is 1.28. The van der Waals surface area contributed by atoms with E-state index in [9.17, 15) is 10.1 Å². The Morgan fingerprint density at radius 1 is 1.02 bits per heavy atom. The van der Waals surface area contributed by atoms with E-state index in [1.807, 2.05) is 50.4 Å². The molecule has 0 spiro atoms. The molecule has 3 aromatic rings. The first-order valence-corrected chi connectivity index (χ1v) is 16.4. The van der Waals surface area contributed by atoms with Crippen molar-refractivity contribution in [2.75, 3.05) is 68.5 Å². The Hall–Kier alpha value is -3.95. The third-order valence-corrected chi connectivity index (χ3v) is 10.1. The monoisotopic (exact) mass is 625 g/mol. The number of morpholine rings is 1. The number of thioether (sulfide) groups is 2. The number of hydrogen-bond acceptors (Lipinski definition) is 10. The van der Waals surface area contributed by atoms with Gasteiger partial charge in [0.2, 0.25) is 0 Å². The molecule has 0 bridgehead atoms. The standard InChI is InChI=1S/C33H35N7O2S2/c1-3-35-26-11-9-24(21-34)19-27(26)37-33-40(22-23-7-5-4-6-8-23)31(41)30(44-33)32-38(2)28-12-10-25(20-29(28)43-32)36-13-14-39-15-17-42-18-16-39/h4-12,19-20,35-36H,3,13-18,22H2,1-2H3/b32-30+,37-33?. The van der Waals surface area contributed by atoms with Crippen LogP contribution in [0.4, 0.5) is 22.7 Å². The number of nitriles is 1. The Morgan fingerprint density at radius 2 is 1.84 bits per heavy atom. The number of ether oxygens (including phenoxy) is 1. The highest BCUT2D eigenvalue weighted by Gasteiger charge is 2.39. The summed E-state index contributed by atoms with van der Waals surface area (Å²) in [6.45, 7) is 8.51. The number of rotatable bonds is 9. The van der Waals surface area contributed by atoms with Gasteiger partial charge in [0.05, 0.1) is 53.5 Å². The molecule has 0 atom stereocenters. The molecule has 1 amide bonds. The van der Waals surface area contributed by atoms with Crippen LogP contribution in [-0.4, -0.2) is 73.9 Å². The van der Waals surface area contributed by atoms with Crippen LogP contribution >= 0.6 is 23.5 Å². The molecule has 226 valence electrons. The van der Waals surface area contributed by atoms with Crippen LogP contribution < -0.4 is 15.5 Å². The van der Waals surface area contributed by atoms with Gasteiger partial charge in [-0.05, 0) is 60.6 Å². The van der Waals surface area contributed by atoms with Crippen LogP contribution in [0.15, 0.2) is 86.6 Å². The molecule has 11 heteroatoms. The molecule has 0 aliphatic carbocycles. The number of benzene rings is 3. The summed E-state index contributed by atoms with van der Waals surface area (Å²) in [5.74, 6) is -0.0787. The minimum atomic E-state index is -0.0787. The quantitative estimate of drug-likeness (QED) is 0.282. The number of anilines is 3. The third kappa shape index (κ3) is 6.59. The number of carbonyl (C=O) groups excluding carboxylic acids is 1. The van der Waals surface area contributed by atoms with E-state index >= 15 is 0 Å². The van der Waals surface area contributed by atoms with E-state index in [1.54, 1.807) is 28.8 Å². The first-order chi connectivity index (χ1) is 21.5. The predicted molar refractivity (Wildman–Crippen MR) is 180 cm³/mol. The van der Waals surface area contributed by atoms with Gasteiger partial charge in [-0.3, -0.25) is 14.6 Å². The van der Waals surface area contributed by atoms with Gasteiger partial charge in [-0.25, -0.2) is 4.99 Å². The van der Waals surface area contributed by atoms with E-state index in [0.717, 1.165) is 71.9 Å². The van der Waals surface area contributed by atoms with E-state index in [-0.39, 0.29) is 5.91 Å². The van der Waals surface area contributed by atoms with Gasteiger partial charge in [0.25, 0.3) is 5.91 Å². The topological polar surface area (TPSA) is 96.2 Å². The number of nitrogens with zero attached hydrogens (tertiary/aromatic N) is 5. The van der Waals surface area contributed by atoms with Crippen molar-refractivity contribution in [2.24, 2.45) is 4.99 Å². The maximum atomic E-state index is 14.1. The highest BCUT2D eigenvalue weighted by molar-refractivity contribution is 8.19. The summed E-state index contributed by atoms with van der Waals surface area (Å²) in [4.78, 5) is 27.1. The van der Waals surface area contributed by atoms with Crippen molar-refractivity contribution in [3.63, 3.8) is 0 Å². The van der Waals surface area contributed by atoms with Gasteiger partial charge in [-0.15, -0.1) is 0 Å². The average Bonchev–Trinajstić information content (AvgIpc) is 3.53. The van der Waals surface area contributed by atoms with Crippen LogP contribution in [0.5, 0.6) is 0 Å². The molecule has 6 rings (SSSR count). The first kappa shape index (κ1) is 30.1. The predicted octanol–water partition coefficient (Wildman–Crippen LogP) is 5.91. The van der Waals surface area contributed by atoms with Crippen LogP contribution in [0, 0.1) is 11.3 Å². The fraction of sp³-hybridized carbons (Fsp3) is 0.303. The molecule has 2 saturated heterocycles. The summed E-state index contributed by atoms with van der Waals surface area (Å²) in [6.07, 6.45) is 0. The van der Waals surface area contributed by atoms with Gasteiger partial charge >= 0.3 is 0 Å². The molecule has 2 fully saturated rings. The van der Waals surface area contributed by atoms with Crippen molar-refractivity contribution in [2.45, 2.75) is 18.4 Å². The van der Waals surface area contributed by atoms with E-state index in [1.165, 1.54) is 11.8 Å². The van der Waals surface area contributed by atoms with Crippen molar-refractivity contribution in [1.82, 2.24) is 9.80 Å². The number of amides is 1. The van der Waals surface area contributed by atoms with Gasteiger partial charge in [0, 0.05) is 50.4 Å². The number of nitrogens with one attached hydrogen (secondary N) is 2. The van der Waals surface area contributed by atoms with Crippen LogP contribution in [-0.2, 0) is 16.1 Å². The number of hydrogen-bond donors (Lipinski definition) is 2. The van der Waals surface area contributed by atoms with Crippen molar-refractivity contribution >= 4 is 57.3 Å². The van der Waals surface area contributed by atoms with Crippen LogP contribution in [0.1, 0.15) is 18.1 Å². The molecular formula is C33H35N7O2S2. The minimum absolute atomic E-state index is 0.0787. The fourth-order valence-electron chi connectivity index (χ4n) is 5.31. The zero-order chi connectivity index (χ0) is 30.5. The van der Waals surface area contributed by atoms with Crippen LogP contribution in [0.2, 0.25) is 0 Å². The Kier molecular flexibility index (Phi) is 9.43. The second-order valence-corrected chi connectivity index (χ2v) is 12.6. The number of fused-ring (bicyclic) bond motifs is 1. The number of amidine groups is 1. The Labute approximate surface area is 267 Å². The Bertz CT molecular complexity index is 1630. The number of carbonyl (C=O) groups is 1. The summed E-state index contributed by atoms with van der Waals surface area (Å²) in [5.41, 5.74) is 5.12. The van der Waals surface area contributed by atoms with E-state index in [0.29, 0.717) is 34.4 Å². The molecule has 2 N–H and O–H groups in total. The third-order valence-electron chi connectivity index (χ3n) is 7.64. The lowest BCUT2D eigenvalue weighted by Crippen LogP contribution is -2.39. The molecule has 0 aromatic heterocycles. The molecule has 0 radical (unpaired) electrons. The zero-order valence-corrected chi connectivity index (χ0v) is 26.5. The first-order valence-electron chi connectivity index (χ1n) is 14.8. The SMILES string of the molecule is CCNc1ccc(C#N)cc1N=C1S/C(=C2/Sc3cc(NCCN4CCOCC4)ccc3N2C)C(=O)N1Cc1ccccc1. The largest absolute Gasteiger partial charge is 0.384 e. The van der Waals surface area contributed by atoms with E-state index in [2.05, 4.69) is 44.7 Å². The summed E-state index contributed by atoms with van der Waals surface area (Å²) in [7, 11) is 2.01. The summed E-state index contributed by atoms with van der Waals surface area (Å²) < 4.78 is 5.46. The van der Waals surface area contributed by atoms with Gasteiger partial charge in [0.15, 0.2) is 5.17 Å². The highest BCUT2D eigenvalue weighted by atomic mass is 32.2. The molecule has 3 aliphatic heterocycles.